The fraction of sp³-hybridized carbons (Fsp3) is 0.541. The molecule has 0 aliphatic carbocycles. The summed E-state index contributed by atoms with van der Waals surface area (Å²) >= 11 is 0. The molecule has 1 aromatic carbocycles. The number of nitrogens with zero attached hydrogens (tertiary/aromatic N) is 3. The number of aromatic amines is 1. The number of carbonyl (C=O) groups is 3. The Hall–Kier alpha value is -4.81. The van der Waals surface area contributed by atoms with Gasteiger partial charge in [0.05, 0.1) is 24.4 Å². The number of carboxylic acid groups (broad SMARTS) is 2. The molecule has 0 saturated carbocycles. The number of aromatic nitrogens is 4. The van der Waals surface area contributed by atoms with Gasteiger partial charge in [0, 0.05) is 11.3 Å². The maximum atomic E-state index is 12.9. The molecule has 13 nitrogen and oxygen atoms in total. The lowest BCUT2D eigenvalue weighted by Gasteiger charge is -2.19. The third-order valence-electron chi connectivity index (χ3n) is 8.64. The van der Waals surface area contributed by atoms with Gasteiger partial charge in [0.1, 0.15) is 6.04 Å². The van der Waals surface area contributed by atoms with Crippen molar-refractivity contribution in [3.8, 4) is 0 Å². The molecule has 3 aromatic rings. The van der Waals surface area contributed by atoms with Crippen LogP contribution >= 0.6 is 0 Å². The number of H-pyrrole nitrogens is 1. The van der Waals surface area contributed by atoms with E-state index < -0.39 is 35.4 Å². The molecule has 0 spiro atoms. The smallest absolute Gasteiger partial charge is 0.326 e. The Bertz CT molecular complexity index is 1590. The van der Waals surface area contributed by atoms with Crippen LogP contribution in [0.2, 0.25) is 0 Å². The summed E-state index contributed by atoms with van der Waals surface area (Å²) in [7, 11) is 0. The fourth-order valence-electron chi connectivity index (χ4n) is 5.72. The van der Waals surface area contributed by atoms with Crippen molar-refractivity contribution in [3.63, 3.8) is 0 Å². The molecule has 0 radical (unpaired) electrons. The van der Waals surface area contributed by atoms with Crippen LogP contribution in [-0.2, 0) is 16.1 Å². The molecule has 0 aliphatic rings. The monoisotopic (exact) mass is 691 g/mol. The number of rotatable bonds is 25. The summed E-state index contributed by atoms with van der Waals surface area (Å²) in [6.45, 7) is 2.47. The number of allylic oxidation sites excluding steroid dienone is 2. The second-order valence-electron chi connectivity index (χ2n) is 12.8. The van der Waals surface area contributed by atoms with Gasteiger partial charge in [0.2, 0.25) is 5.95 Å². The Morgan fingerprint density at radius 1 is 0.860 bits per heavy atom. The maximum absolute atomic E-state index is 12.9. The van der Waals surface area contributed by atoms with E-state index in [4.69, 9.17) is 5.73 Å². The number of nitrogens with one attached hydrogen (secondary N) is 3. The Morgan fingerprint density at radius 2 is 1.48 bits per heavy atom. The van der Waals surface area contributed by atoms with Gasteiger partial charge in [-0.3, -0.25) is 19.4 Å². The molecule has 3 rings (SSSR count). The van der Waals surface area contributed by atoms with Crippen molar-refractivity contribution in [2.45, 2.75) is 122 Å². The second kappa shape index (κ2) is 22.0. The highest BCUT2D eigenvalue weighted by Gasteiger charge is 2.28. The number of hydrogen-bond donors (Lipinski definition) is 6. The Morgan fingerprint density at radius 3 is 2.10 bits per heavy atom. The van der Waals surface area contributed by atoms with Gasteiger partial charge in [-0.25, -0.2) is 14.8 Å². The molecule has 0 aliphatic heterocycles. The van der Waals surface area contributed by atoms with E-state index in [1.165, 1.54) is 63.3 Å². The van der Waals surface area contributed by atoms with Gasteiger partial charge < -0.3 is 26.6 Å². The summed E-state index contributed by atoms with van der Waals surface area (Å²) in [5.41, 5.74) is 6.59. The zero-order valence-electron chi connectivity index (χ0n) is 29.2. The first-order valence-electron chi connectivity index (χ1n) is 17.9. The van der Waals surface area contributed by atoms with Crippen LogP contribution in [0.1, 0.15) is 126 Å². The van der Waals surface area contributed by atoms with E-state index in [1.807, 2.05) is 0 Å². The molecule has 0 saturated heterocycles. The Balaban J connectivity index is 1.35. The highest BCUT2D eigenvalue weighted by atomic mass is 16.4. The van der Waals surface area contributed by atoms with Crippen LogP contribution < -0.4 is 21.9 Å². The van der Waals surface area contributed by atoms with Crippen LogP contribution in [0, 0.1) is 5.92 Å². The van der Waals surface area contributed by atoms with Gasteiger partial charge in [-0.1, -0.05) is 83.3 Å². The van der Waals surface area contributed by atoms with Gasteiger partial charge in [-0.2, -0.15) is 4.98 Å². The Labute approximate surface area is 293 Å². The molecular formula is C37H53N7O6. The van der Waals surface area contributed by atoms with E-state index in [1.54, 1.807) is 12.1 Å². The van der Waals surface area contributed by atoms with Crippen molar-refractivity contribution in [2.24, 2.45) is 5.92 Å². The number of nitrogens with two attached hydrogens (primary N) is 1. The topological polar surface area (TPSA) is 213 Å². The number of fused-ring (bicyclic) bond motifs is 1. The third kappa shape index (κ3) is 14.4. The van der Waals surface area contributed by atoms with Gasteiger partial charge in [-0.05, 0) is 62.8 Å². The zero-order chi connectivity index (χ0) is 36.1. The molecule has 0 bridgehead atoms. The zero-order valence-corrected chi connectivity index (χ0v) is 29.2. The highest BCUT2D eigenvalue weighted by molar-refractivity contribution is 5.97. The number of aliphatic carboxylic acids is 2. The number of benzene rings is 1. The number of carboxylic acids is 2. The second-order valence-corrected chi connectivity index (χ2v) is 12.8. The van der Waals surface area contributed by atoms with Crippen molar-refractivity contribution in [3.05, 3.63) is 64.2 Å². The van der Waals surface area contributed by atoms with E-state index in [9.17, 15) is 29.4 Å². The van der Waals surface area contributed by atoms with Crippen molar-refractivity contribution in [2.75, 3.05) is 11.1 Å². The summed E-state index contributed by atoms with van der Waals surface area (Å²) in [6.07, 6.45) is 22.4. The van der Waals surface area contributed by atoms with Crippen LogP contribution in [0.15, 0.2) is 47.4 Å². The van der Waals surface area contributed by atoms with Gasteiger partial charge in [0.15, 0.2) is 11.2 Å². The van der Waals surface area contributed by atoms with Crippen molar-refractivity contribution >= 4 is 40.6 Å². The molecule has 13 heteroatoms. The summed E-state index contributed by atoms with van der Waals surface area (Å²) < 4.78 is 0. The largest absolute Gasteiger partial charge is 0.481 e. The minimum Gasteiger partial charge on any atom is -0.481 e. The number of nitrogen functional groups attached to an aromatic ring is 1. The number of anilines is 2. The lowest BCUT2D eigenvalue weighted by molar-refractivity contribution is -0.144. The summed E-state index contributed by atoms with van der Waals surface area (Å²) in [5.74, 6) is -3.88. The number of hydrogen-bond acceptors (Lipinski definition) is 9. The third-order valence-corrected chi connectivity index (χ3v) is 8.64. The standard InChI is InChI=1S/C37H53N7O6/c1-2-3-4-5-6-7-8-9-10-11-12-13-14-15-16-17-18-27(35(47)48)23-30(36(49)50)42-33(45)26-19-21-28(22-20-26)39-24-29-25-40-32-31(41-29)34(46)44-37(38)43-32/h9-10,19-22,25,27,30,39H,2-8,11-18,23-24H2,1H3,(H,42,45)(H,47,48)(H,49,50)(H3,38,40,43,44,46)/b10-9-. The average Bonchev–Trinajstić information content (AvgIpc) is 3.09. The van der Waals surface area contributed by atoms with E-state index in [2.05, 4.69) is 49.6 Å². The van der Waals surface area contributed by atoms with Gasteiger partial charge in [0.25, 0.3) is 11.5 Å². The number of amides is 1. The molecule has 0 fully saturated rings. The molecule has 2 heterocycles. The minimum absolute atomic E-state index is 0.0489. The van der Waals surface area contributed by atoms with Crippen LogP contribution in [-0.4, -0.2) is 54.0 Å². The molecule has 2 aromatic heterocycles. The first-order chi connectivity index (χ1) is 24.2. The van der Waals surface area contributed by atoms with Crippen molar-refractivity contribution < 1.29 is 24.6 Å². The molecule has 2 atom stereocenters. The van der Waals surface area contributed by atoms with E-state index >= 15 is 0 Å². The minimum atomic E-state index is -1.34. The van der Waals surface area contributed by atoms with E-state index in [-0.39, 0.29) is 35.6 Å². The predicted octanol–water partition coefficient (Wildman–Crippen LogP) is 6.61. The summed E-state index contributed by atoms with van der Waals surface area (Å²) in [6, 6.07) is 5.00. The SMILES string of the molecule is CCCCCCCC/C=C\CCCCCCCCC(CC(NC(=O)c1ccc(NCc2cnc3nc(N)[nH]c(=O)c3n2)cc1)C(=O)O)C(=O)O. The quantitative estimate of drug-likeness (QED) is 0.0411. The first-order valence-corrected chi connectivity index (χ1v) is 17.9. The van der Waals surface area contributed by atoms with Crippen LogP contribution in [0.25, 0.3) is 11.2 Å². The van der Waals surface area contributed by atoms with E-state index in [0.717, 1.165) is 38.5 Å². The van der Waals surface area contributed by atoms with Gasteiger partial charge >= 0.3 is 11.9 Å². The molecule has 272 valence electrons. The van der Waals surface area contributed by atoms with Crippen LogP contribution in [0.4, 0.5) is 11.6 Å². The summed E-state index contributed by atoms with van der Waals surface area (Å²) in [4.78, 5) is 63.6. The maximum Gasteiger partial charge on any atom is 0.326 e. The lowest BCUT2D eigenvalue weighted by atomic mass is 9.93. The molecule has 50 heavy (non-hydrogen) atoms. The highest BCUT2D eigenvalue weighted by Crippen LogP contribution is 2.19. The fourth-order valence-corrected chi connectivity index (χ4v) is 5.72. The van der Waals surface area contributed by atoms with Crippen molar-refractivity contribution in [1.82, 2.24) is 25.3 Å². The van der Waals surface area contributed by atoms with Crippen LogP contribution in [0.5, 0.6) is 0 Å². The normalized spacial score (nSPS) is 12.6. The average molecular weight is 692 g/mol. The van der Waals surface area contributed by atoms with Crippen molar-refractivity contribution in [1.29, 1.82) is 0 Å². The lowest BCUT2D eigenvalue weighted by Crippen LogP contribution is -2.43. The number of unbranched alkanes of at least 4 members (excludes halogenated alkanes) is 12. The summed E-state index contributed by atoms with van der Waals surface area (Å²) in [5, 5.41) is 25.1. The molecule has 2 unspecified atom stereocenters. The molecular weight excluding hydrogens is 638 g/mol. The van der Waals surface area contributed by atoms with Crippen LogP contribution in [0.3, 0.4) is 0 Å². The van der Waals surface area contributed by atoms with Gasteiger partial charge in [-0.15, -0.1) is 0 Å². The Kier molecular flexibility index (Phi) is 17.4. The predicted molar refractivity (Wildman–Crippen MR) is 195 cm³/mol. The molecule has 1 amide bonds. The first kappa shape index (κ1) is 39.6. The number of carbonyl (C=O) groups excluding carboxylic acids is 1. The van der Waals surface area contributed by atoms with E-state index in [0.29, 0.717) is 24.2 Å². The molecule has 7 N–H and O–H groups in total.